The molecule has 9 heteroatoms. The zero-order valence-electron chi connectivity index (χ0n) is 23.9. The normalized spacial score (nSPS) is 35.8. The third-order valence-corrected chi connectivity index (χ3v) is 9.17. The second-order valence-corrected chi connectivity index (χ2v) is 12.2. The van der Waals surface area contributed by atoms with E-state index in [0.717, 1.165) is 0 Å². The maximum absolute atomic E-state index is 13.5. The predicted octanol–water partition coefficient (Wildman–Crippen LogP) is 3.12. The number of hydrogen-bond acceptors (Lipinski definition) is 9. The van der Waals surface area contributed by atoms with Crippen molar-refractivity contribution in [1.82, 2.24) is 0 Å². The number of fused-ring (bicyclic) bond motifs is 2. The van der Waals surface area contributed by atoms with Gasteiger partial charge in [-0.2, -0.15) is 0 Å². The molecule has 9 nitrogen and oxygen atoms in total. The van der Waals surface area contributed by atoms with E-state index in [1.165, 1.54) is 13.8 Å². The van der Waals surface area contributed by atoms with Gasteiger partial charge in [0.2, 0.25) is 0 Å². The van der Waals surface area contributed by atoms with E-state index in [-0.39, 0.29) is 18.4 Å². The smallest absolute Gasteiger partial charge is 0.338 e. The summed E-state index contributed by atoms with van der Waals surface area (Å²) in [5, 5.41) is 33.6. The van der Waals surface area contributed by atoms with Crippen LogP contribution in [0.15, 0.2) is 53.6 Å². The Morgan fingerprint density at radius 2 is 1.60 bits per heavy atom. The molecule has 218 valence electrons. The Labute approximate surface area is 234 Å². The largest absolute Gasteiger partial charge is 0.462 e. The monoisotopic (exact) mass is 556 g/mol. The van der Waals surface area contributed by atoms with E-state index < -0.39 is 77.2 Å². The summed E-state index contributed by atoms with van der Waals surface area (Å²) < 4.78 is 18.0. The van der Waals surface area contributed by atoms with Gasteiger partial charge in [-0.3, -0.25) is 9.59 Å². The Kier molecular flexibility index (Phi) is 8.06. The van der Waals surface area contributed by atoms with Crippen LogP contribution in [0.4, 0.5) is 0 Å². The first-order valence-corrected chi connectivity index (χ1v) is 13.7. The Balaban J connectivity index is 1.98. The summed E-state index contributed by atoms with van der Waals surface area (Å²) in [4.78, 5) is 38.4. The van der Waals surface area contributed by atoms with Gasteiger partial charge in [0, 0.05) is 26.2 Å². The summed E-state index contributed by atoms with van der Waals surface area (Å²) >= 11 is 0. The number of esters is 3. The fraction of sp³-hybridized carbons (Fsp3) is 0.581. The van der Waals surface area contributed by atoms with Crippen LogP contribution in [0.3, 0.4) is 0 Å². The molecule has 2 saturated carbocycles. The molecule has 9 unspecified atom stereocenters. The van der Waals surface area contributed by atoms with Crippen molar-refractivity contribution in [3.8, 4) is 0 Å². The van der Waals surface area contributed by atoms with Crippen LogP contribution in [-0.2, 0) is 23.8 Å². The molecule has 2 fully saturated rings. The third-order valence-electron chi connectivity index (χ3n) is 9.17. The van der Waals surface area contributed by atoms with Crippen LogP contribution in [0.25, 0.3) is 0 Å². The molecule has 0 radical (unpaired) electrons. The van der Waals surface area contributed by atoms with Crippen molar-refractivity contribution >= 4 is 17.9 Å². The summed E-state index contributed by atoms with van der Waals surface area (Å²) in [6.45, 7) is 13.4. The van der Waals surface area contributed by atoms with Crippen LogP contribution in [0.2, 0.25) is 0 Å². The van der Waals surface area contributed by atoms with Gasteiger partial charge < -0.3 is 29.5 Å². The molecule has 0 bridgehead atoms. The lowest BCUT2D eigenvalue weighted by Gasteiger charge is -2.52. The van der Waals surface area contributed by atoms with E-state index >= 15 is 0 Å². The van der Waals surface area contributed by atoms with Crippen LogP contribution in [0.5, 0.6) is 0 Å². The van der Waals surface area contributed by atoms with Crippen LogP contribution in [0.1, 0.15) is 64.7 Å². The minimum Gasteiger partial charge on any atom is -0.462 e. The van der Waals surface area contributed by atoms with Crippen LogP contribution in [-0.4, -0.2) is 69.3 Å². The van der Waals surface area contributed by atoms with E-state index in [1.54, 1.807) is 58.0 Å². The Morgan fingerprint density at radius 3 is 2.15 bits per heavy atom. The molecule has 0 spiro atoms. The molecule has 1 aromatic carbocycles. The van der Waals surface area contributed by atoms with E-state index in [4.69, 9.17) is 14.2 Å². The maximum Gasteiger partial charge on any atom is 0.338 e. The molecule has 0 aromatic heterocycles. The molecule has 3 aliphatic carbocycles. The summed E-state index contributed by atoms with van der Waals surface area (Å²) in [6.07, 6.45) is -5.04. The molecule has 0 heterocycles. The molecule has 40 heavy (non-hydrogen) atoms. The number of aliphatic hydroxyl groups is 3. The number of carbonyl (C=O) groups is 3. The quantitative estimate of drug-likeness (QED) is 0.284. The molecule has 0 aliphatic heterocycles. The number of ether oxygens (including phenoxy) is 3. The SMILES string of the molecule is C=C1C(O)CC(OC(C)=O)C2(C)C1CC1C(=C(C)C(O)C1C(C)(C)O)C(OC(=O)c1ccccc1)C2OC(C)=O. The van der Waals surface area contributed by atoms with Gasteiger partial charge in [0.15, 0.2) is 12.2 Å². The minimum atomic E-state index is -1.34. The van der Waals surface area contributed by atoms with E-state index in [1.807, 2.05) is 0 Å². The molecule has 1 aromatic rings. The lowest BCUT2D eigenvalue weighted by molar-refractivity contribution is -0.195. The van der Waals surface area contributed by atoms with Gasteiger partial charge >= 0.3 is 17.9 Å². The highest BCUT2D eigenvalue weighted by atomic mass is 16.6. The van der Waals surface area contributed by atoms with Gasteiger partial charge in [-0.15, -0.1) is 0 Å². The Morgan fingerprint density at radius 1 is 1.00 bits per heavy atom. The highest BCUT2D eigenvalue weighted by molar-refractivity contribution is 5.89. The standard InChI is InChI=1S/C31H40O9/c1-15-21-13-20-24(16(2)26(35)25(20)30(5,6)37)27(40-29(36)19-11-9-8-10-12-19)28(39-18(4)33)31(21,7)23(14-22(15)34)38-17(3)32/h8-12,20-23,25-28,34-35,37H,1,13-14H2,2-7H3. The minimum absolute atomic E-state index is 0.0166. The number of carbonyl (C=O) groups excluding carboxylic acids is 3. The molecule has 9 atom stereocenters. The molecule has 3 N–H and O–H groups in total. The van der Waals surface area contributed by atoms with Gasteiger partial charge in [0.1, 0.15) is 6.10 Å². The first-order valence-electron chi connectivity index (χ1n) is 13.7. The molecule has 4 rings (SSSR count). The lowest BCUT2D eigenvalue weighted by Crippen LogP contribution is -2.60. The number of benzene rings is 1. The summed E-state index contributed by atoms with van der Waals surface area (Å²) in [5.74, 6) is -3.70. The second kappa shape index (κ2) is 10.8. The van der Waals surface area contributed by atoms with Crippen molar-refractivity contribution in [3.63, 3.8) is 0 Å². The summed E-state index contributed by atoms with van der Waals surface area (Å²) in [5.41, 5.74) is -0.717. The van der Waals surface area contributed by atoms with Gasteiger partial charge in [0.05, 0.1) is 28.8 Å². The van der Waals surface area contributed by atoms with Gasteiger partial charge in [-0.1, -0.05) is 31.7 Å². The first-order chi connectivity index (χ1) is 18.6. The average Bonchev–Trinajstić information content (AvgIpc) is 3.06. The zero-order valence-corrected chi connectivity index (χ0v) is 23.9. The lowest BCUT2D eigenvalue weighted by atomic mass is 9.58. The molecule has 3 aliphatic rings. The van der Waals surface area contributed by atoms with Crippen LogP contribution in [0, 0.1) is 23.2 Å². The van der Waals surface area contributed by atoms with Gasteiger partial charge in [0.25, 0.3) is 0 Å². The van der Waals surface area contributed by atoms with Crippen molar-refractivity contribution < 1.29 is 43.9 Å². The molecular weight excluding hydrogens is 516 g/mol. The molecule has 0 saturated heterocycles. The molecule has 0 amide bonds. The predicted molar refractivity (Wildman–Crippen MR) is 145 cm³/mol. The first kappa shape index (κ1) is 30.0. The number of rotatable bonds is 5. The summed E-state index contributed by atoms with van der Waals surface area (Å²) in [6, 6.07) is 8.37. The van der Waals surface area contributed by atoms with E-state index in [9.17, 15) is 29.7 Å². The fourth-order valence-corrected chi connectivity index (χ4v) is 7.35. The maximum atomic E-state index is 13.5. The fourth-order valence-electron chi connectivity index (χ4n) is 7.35. The summed E-state index contributed by atoms with van der Waals surface area (Å²) in [7, 11) is 0. The van der Waals surface area contributed by atoms with E-state index in [2.05, 4.69) is 6.58 Å². The topological polar surface area (TPSA) is 140 Å². The van der Waals surface area contributed by atoms with Crippen molar-refractivity contribution in [3.05, 3.63) is 59.2 Å². The number of hydrogen-bond donors (Lipinski definition) is 3. The Bertz CT molecular complexity index is 1210. The highest BCUT2D eigenvalue weighted by Gasteiger charge is 2.65. The highest BCUT2D eigenvalue weighted by Crippen LogP contribution is 2.60. The van der Waals surface area contributed by atoms with E-state index in [0.29, 0.717) is 16.7 Å². The average molecular weight is 557 g/mol. The van der Waals surface area contributed by atoms with Crippen LogP contribution >= 0.6 is 0 Å². The molecular formula is C31H40O9. The van der Waals surface area contributed by atoms with Gasteiger partial charge in [-0.05, 0) is 67.9 Å². The van der Waals surface area contributed by atoms with Crippen molar-refractivity contribution in [1.29, 1.82) is 0 Å². The second-order valence-electron chi connectivity index (χ2n) is 12.2. The van der Waals surface area contributed by atoms with Crippen molar-refractivity contribution in [2.24, 2.45) is 23.2 Å². The van der Waals surface area contributed by atoms with Crippen molar-refractivity contribution in [2.75, 3.05) is 0 Å². The number of aliphatic hydroxyl groups excluding tert-OH is 2. The Hall–Kier alpha value is -3.01. The van der Waals surface area contributed by atoms with Crippen molar-refractivity contribution in [2.45, 2.75) is 90.5 Å². The zero-order chi connectivity index (χ0) is 29.7. The van der Waals surface area contributed by atoms with Crippen LogP contribution < -0.4 is 0 Å². The third kappa shape index (κ3) is 5.10. The van der Waals surface area contributed by atoms with Gasteiger partial charge in [-0.25, -0.2) is 4.79 Å².